The number of benzene rings is 2. The second-order valence-corrected chi connectivity index (χ2v) is 6.48. The Morgan fingerprint density at radius 1 is 1.35 bits per heavy atom. The molecule has 1 amide bonds. The topological polar surface area (TPSA) is 88.2 Å². The summed E-state index contributed by atoms with van der Waals surface area (Å²) in [6.45, 7) is 2.12. The number of hydrogen-bond donors (Lipinski definition) is 3. The molecule has 5 nitrogen and oxygen atoms in total. The number of fused-ring (bicyclic) bond motifs is 1. The van der Waals surface area contributed by atoms with Crippen LogP contribution >= 0.6 is 24.0 Å². The highest BCUT2D eigenvalue weighted by atomic mass is 35.5. The summed E-state index contributed by atoms with van der Waals surface area (Å²) in [6, 6.07) is 10.4. The molecule has 1 unspecified atom stereocenters. The average Bonchev–Trinajstić information content (AvgIpc) is 2.60. The van der Waals surface area contributed by atoms with Crippen molar-refractivity contribution in [3.8, 4) is 5.75 Å². The van der Waals surface area contributed by atoms with Crippen LogP contribution in [0.25, 0.3) is 0 Å². The van der Waals surface area contributed by atoms with Gasteiger partial charge in [-0.15, -0.1) is 12.4 Å². The van der Waals surface area contributed by atoms with Crippen LogP contribution in [0.4, 0.5) is 5.69 Å². The Bertz CT molecular complexity index is 840. The molecule has 0 aliphatic carbocycles. The number of amidine groups is 1. The number of aryl methyl sites for hydroxylation is 1. The number of anilines is 1. The molecular weight excluding hydrogens is 373 g/mol. The van der Waals surface area contributed by atoms with Gasteiger partial charge in [0.05, 0.1) is 16.7 Å². The minimum absolute atomic E-state index is 0. The van der Waals surface area contributed by atoms with Crippen LogP contribution in [0, 0.1) is 5.41 Å². The summed E-state index contributed by atoms with van der Waals surface area (Å²) in [4.78, 5) is 12.5. The molecule has 26 heavy (non-hydrogen) atoms. The van der Waals surface area contributed by atoms with E-state index in [-0.39, 0.29) is 35.3 Å². The zero-order valence-electron chi connectivity index (χ0n) is 14.3. The largest absolute Gasteiger partial charge is 0.490 e. The van der Waals surface area contributed by atoms with Crippen molar-refractivity contribution in [1.29, 1.82) is 5.41 Å². The summed E-state index contributed by atoms with van der Waals surface area (Å²) in [6.07, 6.45) is 3.18. The normalized spacial score (nSPS) is 15.2. The molecule has 0 spiro atoms. The minimum Gasteiger partial charge on any atom is -0.490 e. The van der Waals surface area contributed by atoms with E-state index in [0.29, 0.717) is 16.8 Å². The number of nitrogens with two attached hydrogens (primary N) is 1. The molecular formula is C19H21Cl2N3O2. The number of carbonyl (C=O) groups excluding carboxylic acids is 1. The third kappa shape index (κ3) is 4.29. The Balaban J connectivity index is 0.00000243. The van der Waals surface area contributed by atoms with E-state index in [4.69, 9.17) is 27.5 Å². The minimum atomic E-state index is -0.303. The molecule has 0 bridgehead atoms. The molecule has 1 aliphatic rings. The molecule has 0 radical (unpaired) electrons. The van der Waals surface area contributed by atoms with Gasteiger partial charge < -0.3 is 15.8 Å². The van der Waals surface area contributed by atoms with Gasteiger partial charge in [0.15, 0.2) is 0 Å². The Morgan fingerprint density at radius 2 is 2.12 bits per heavy atom. The van der Waals surface area contributed by atoms with E-state index in [2.05, 4.69) is 12.2 Å². The van der Waals surface area contributed by atoms with Crippen molar-refractivity contribution in [3.63, 3.8) is 0 Å². The molecule has 7 heteroatoms. The molecule has 0 fully saturated rings. The summed E-state index contributed by atoms with van der Waals surface area (Å²) < 4.78 is 5.91. The summed E-state index contributed by atoms with van der Waals surface area (Å²) >= 11 is 6.15. The molecule has 4 N–H and O–H groups in total. The lowest BCUT2D eigenvalue weighted by Crippen LogP contribution is -2.22. The third-order valence-corrected chi connectivity index (χ3v) is 4.64. The van der Waals surface area contributed by atoms with Gasteiger partial charge in [0.2, 0.25) is 0 Å². The first-order chi connectivity index (χ1) is 12.0. The van der Waals surface area contributed by atoms with Crippen LogP contribution in [-0.2, 0) is 6.42 Å². The van der Waals surface area contributed by atoms with Crippen LogP contribution in [0.5, 0.6) is 5.75 Å². The molecule has 2 aromatic rings. The van der Waals surface area contributed by atoms with E-state index in [1.807, 2.05) is 18.2 Å². The number of halogens is 2. The van der Waals surface area contributed by atoms with E-state index in [0.717, 1.165) is 30.6 Å². The zero-order chi connectivity index (χ0) is 18.0. The Morgan fingerprint density at radius 3 is 2.77 bits per heavy atom. The first kappa shape index (κ1) is 20.1. The molecule has 1 heterocycles. The predicted octanol–water partition coefficient (Wildman–Crippen LogP) is 4.40. The van der Waals surface area contributed by atoms with Gasteiger partial charge in [-0.25, -0.2) is 0 Å². The second kappa shape index (κ2) is 8.43. The highest BCUT2D eigenvalue weighted by molar-refractivity contribution is 6.34. The third-order valence-electron chi connectivity index (χ3n) is 4.33. The van der Waals surface area contributed by atoms with Gasteiger partial charge >= 0.3 is 0 Å². The average molecular weight is 394 g/mol. The maximum Gasteiger partial charge on any atom is 0.257 e. The number of rotatable bonds is 4. The summed E-state index contributed by atoms with van der Waals surface area (Å²) in [5, 5.41) is 10.5. The number of amides is 1. The van der Waals surface area contributed by atoms with Crippen LogP contribution in [-0.4, -0.2) is 17.8 Å². The number of nitrogen functional groups attached to an aromatic ring is 1. The van der Waals surface area contributed by atoms with Crippen LogP contribution < -0.4 is 15.8 Å². The standard InChI is InChI=1S/C19H20ClN3O2.ClH/c1-2-14-6-3-11-9-13(5-8-17(11)25-14)23-19(24)15-7-4-12(18(21)22)10-16(15)20;/h4-5,7-10,14H,2-3,6H2,1H3,(H3,21,22)(H,23,24);1H. The maximum absolute atomic E-state index is 12.5. The van der Waals surface area contributed by atoms with Gasteiger partial charge in [0.1, 0.15) is 11.6 Å². The number of carbonyl (C=O) groups is 1. The van der Waals surface area contributed by atoms with Crippen molar-refractivity contribution in [2.45, 2.75) is 32.3 Å². The van der Waals surface area contributed by atoms with Gasteiger partial charge in [-0.05, 0) is 55.2 Å². The zero-order valence-corrected chi connectivity index (χ0v) is 15.9. The van der Waals surface area contributed by atoms with Gasteiger partial charge in [-0.1, -0.05) is 24.6 Å². The van der Waals surface area contributed by atoms with E-state index in [9.17, 15) is 4.79 Å². The molecule has 1 aliphatic heterocycles. The first-order valence-corrected chi connectivity index (χ1v) is 8.60. The van der Waals surface area contributed by atoms with Crippen molar-refractivity contribution in [3.05, 3.63) is 58.1 Å². The lowest BCUT2D eigenvalue weighted by atomic mass is 10.0. The van der Waals surface area contributed by atoms with Crippen LogP contribution in [0.2, 0.25) is 5.02 Å². The van der Waals surface area contributed by atoms with E-state index in [1.165, 1.54) is 6.07 Å². The summed E-state index contributed by atoms with van der Waals surface area (Å²) in [5.41, 5.74) is 8.05. The van der Waals surface area contributed by atoms with E-state index < -0.39 is 0 Å². The van der Waals surface area contributed by atoms with E-state index in [1.54, 1.807) is 12.1 Å². The number of nitrogens with one attached hydrogen (secondary N) is 2. The van der Waals surface area contributed by atoms with Crippen LogP contribution in [0.1, 0.15) is 41.3 Å². The van der Waals surface area contributed by atoms with Crippen molar-refractivity contribution in [2.75, 3.05) is 5.32 Å². The fourth-order valence-corrected chi connectivity index (χ4v) is 3.14. The molecule has 2 aromatic carbocycles. The van der Waals surface area contributed by atoms with Crippen LogP contribution in [0.15, 0.2) is 36.4 Å². The lowest BCUT2D eigenvalue weighted by molar-refractivity contribution is 0.102. The van der Waals surface area contributed by atoms with Gasteiger partial charge in [-0.3, -0.25) is 10.2 Å². The fourth-order valence-electron chi connectivity index (χ4n) is 2.88. The molecule has 0 saturated heterocycles. The Kier molecular flexibility index (Phi) is 6.51. The summed E-state index contributed by atoms with van der Waals surface area (Å²) in [7, 11) is 0. The lowest BCUT2D eigenvalue weighted by Gasteiger charge is -2.25. The molecule has 138 valence electrons. The van der Waals surface area contributed by atoms with Gasteiger partial charge in [0, 0.05) is 11.3 Å². The quantitative estimate of drug-likeness (QED) is 0.531. The summed E-state index contributed by atoms with van der Waals surface area (Å²) in [5.74, 6) is 0.497. The van der Waals surface area contributed by atoms with Crippen molar-refractivity contribution >= 4 is 41.4 Å². The number of hydrogen-bond acceptors (Lipinski definition) is 3. The highest BCUT2D eigenvalue weighted by Gasteiger charge is 2.19. The van der Waals surface area contributed by atoms with E-state index >= 15 is 0 Å². The first-order valence-electron chi connectivity index (χ1n) is 8.22. The molecule has 0 aromatic heterocycles. The molecule has 0 saturated carbocycles. The van der Waals surface area contributed by atoms with Crippen LogP contribution in [0.3, 0.4) is 0 Å². The Labute approximate surface area is 163 Å². The smallest absolute Gasteiger partial charge is 0.257 e. The van der Waals surface area contributed by atoms with Crippen molar-refractivity contribution < 1.29 is 9.53 Å². The van der Waals surface area contributed by atoms with Crippen molar-refractivity contribution in [1.82, 2.24) is 0 Å². The van der Waals surface area contributed by atoms with Gasteiger partial charge in [-0.2, -0.15) is 0 Å². The number of ether oxygens (including phenoxy) is 1. The molecule has 3 rings (SSSR count). The Hall–Kier alpha value is -2.24. The highest BCUT2D eigenvalue weighted by Crippen LogP contribution is 2.31. The maximum atomic E-state index is 12.5. The monoisotopic (exact) mass is 393 g/mol. The molecule has 1 atom stereocenters. The SMILES string of the molecule is CCC1CCc2cc(NC(=O)c3ccc(C(=N)N)cc3Cl)ccc2O1.Cl. The van der Waals surface area contributed by atoms with Crippen molar-refractivity contribution in [2.24, 2.45) is 5.73 Å². The fraction of sp³-hybridized carbons (Fsp3) is 0.263. The predicted molar refractivity (Wildman–Crippen MR) is 107 cm³/mol. The second-order valence-electron chi connectivity index (χ2n) is 6.07. The van der Waals surface area contributed by atoms with Gasteiger partial charge in [0.25, 0.3) is 5.91 Å².